The fourth-order valence-corrected chi connectivity index (χ4v) is 0.471. The molecule has 70 valence electrons. The quantitative estimate of drug-likeness (QED) is 0.326. The maximum atomic E-state index is 9.99. The van der Waals surface area contributed by atoms with Gasteiger partial charge in [-0.3, -0.25) is 0 Å². The molecule has 2 atom stereocenters. The summed E-state index contributed by atoms with van der Waals surface area (Å²) in [5.41, 5.74) is 4.17. The minimum atomic E-state index is -1.64. The average Bonchev–Trinajstić information content (AvgIpc) is 2.02. The largest absolute Gasteiger partial charge is 0.543 e. The van der Waals surface area contributed by atoms with Gasteiger partial charge < -0.3 is 31.0 Å². The highest BCUT2D eigenvalue weighted by Crippen LogP contribution is 1.96. The van der Waals surface area contributed by atoms with Crippen LogP contribution >= 0.6 is 0 Å². The van der Waals surface area contributed by atoms with Crippen molar-refractivity contribution in [2.24, 2.45) is 5.73 Å². The molecule has 0 saturated carbocycles. The Balaban J connectivity index is 4.22. The summed E-state index contributed by atoms with van der Waals surface area (Å²) in [5, 5.41) is 35.9. The molecule has 0 amide bonds. The first-order valence-electron chi connectivity index (χ1n) is 3.14. The van der Waals surface area contributed by atoms with Crippen LogP contribution in [0.15, 0.2) is 11.8 Å². The van der Waals surface area contributed by atoms with E-state index in [-0.39, 0.29) is 0 Å². The van der Waals surface area contributed by atoms with Gasteiger partial charge in [-0.05, 0) is 6.08 Å². The third-order valence-electron chi connectivity index (χ3n) is 1.17. The predicted molar refractivity (Wildman–Crippen MR) is 36.4 cm³/mol. The number of aliphatic carboxylic acids is 1. The molecule has 5 N–H and O–H groups in total. The van der Waals surface area contributed by atoms with E-state index in [2.05, 4.69) is 0 Å². The Morgan fingerprint density at radius 3 is 2.42 bits per heavy atom. The first kappa shape index (κ1) is 10.9. The van der Waals surface area contributed by atoms with Crippen LogP contribution in [0.1, 0.15) is 0 Å². The van der Waals surface area contributed by atoms with Gasteiger partial charge in [0.25, 0.3) is 0 Å². The highest BCUT2D eigenvalue weighted by molar-refractivity contribution is 5.83. The Hall–Kier alpha value is -1.11. The number of aliphatic hydroxyl groups is 3. The van der Waals surface area contributed by atoms with Crippen LogP contribution in [0.5, 0.6) is 0 Å². The van der Waals surface area contributed by atoms with E-state index in [1.165, 1.54) is 0 Å². The molecule has 0 aliphatic heterocycles. The predicted octanol–water partition coefficient (Wildman–Crippen LogP) is -3.71. The van der Waals surface area contributed by atoms with Crippen LogP contribution in [0.25, 0.3) is 0 Å². The number of carbonyl (C=O) groups is 1. The second kappa shape index (κ2) is 4.70. The van der Waals surface area contributed by atoms with Gasteiger partial charge in [0.2, 0.25) is 0 Å². The molecule has 0 aromatic heterocycles. The molecule has 0 heterocycles. The van der Waals surface area contributed by atoms with Crippen molar-refractivity contribution in [1.82, 2.24) is 0 Å². The number of carboxylic acid groups (broad SMARTS) is 1. The Labute approximate surface area is 68.6 Å². The molecule has 0 saturated heterocycles. The molecule has 0 aliphatic carbocycles. The highest BCUT2D eigenvalue weighted by atomic mass is 16.4. The van der Waals surface area contributed by atoms with Gasteiger partial charge in [-0.15, -0.1) is 0 Å². The molecule has 12 heavy (non-hydrogen) atoms. The Morgan fingerprint density at radius 1 is 1.58 bits per heavy atom. The summed E-state index contributed by atoms with van der Waals surface area (Å²) < 4.78 is 0. The summed E-state index contributed by atoms with van der Waals surface area (Å²) >= 11 is 0. The van der Waals surface area contributed by atoms with E-state index < -0.39 is 30.5 Å². The van der Waals surface area contributed by atoms with E-state index in [0.717, 1.165) is 0 Å². The van der Waals surface area contributed by atoms with Gasteiger partial charge in [0.15, 0.2) is 0 Å². The highest BCUT2D eigenvalue weighted by Gasteiger charge is 2.12. The fraction of sp³-hybridized carbons (Fsp3) is 0.500. The summed E-state index contributed by atoms with van der Waals surface area (Å²) in [6, 6.07) is 0. The van der Waals surface area contributed by atoms with Crippen molar-refractivity contribution in [3.63, 3.8) is 0 Å². The summed E-state index contributed by atoms with van der Waals surface area (Å²) in [5.74, 6) is -1.64. The fourth-order valence-electron chi connectivity index (χ4n) is 0.471. The van der Waals surface area contributed by atoms with Crippen molar-refractivity contribution >= 4 is 5.97 Å². The lowest BCUT2D eigenvalue weighted by Crippen LogP contribution is -2.33. The van der Waals surface area contributed by atoms with E-state index in [9.17, 15) is 9.90 Å². The van der Waals surface area contributed by atoms with E-state index in [0.29, 0.717) is 6.08 Å². The molecular weight excluding hydrogens is 166 g/mol. The average molecular weight is 176 g/mol. The molecule has 0 rings (SSSR count). The second-order valence-corrected chi connectivity index (χ2v) is 2.15. The van der Waals surface area contributed by atoms with Crippen molar-refractivity contribution in [2.75, 3.05) is 6.61 Å². The summed E-state index contributed by atoms with van der Waals surface area (Å²) in [6.07, 6.45) is -2.26. The summed E-state index contributed by atoms with van der Waals surface area (Å²) in [6.45, 7) is -0.683. The third kappa shape index (κ3) is 3.33. The molecule has 6 heteroatoms. The Kier molecular flexibility index (Phi) is 4.27. The second-order valence-electron chi connectivity index (χ2n) is 2.15. The van der Waals surface area contributed by atoms with E-state index >= 15 is 0 Å². The van der Waals surface area contributed by atoms with Crippen LogP contribution in [0.3, 0.4) is 0 Å². The van der Waals surface area contributed by atoms with Crippen LogP contribution < -0.4 is 10.8 Å². The molecule has 0 fully saturated rings. The van der Waals surface area contributed by atoms with Crippen LogP contribution in [-0.4, -0.2) is 40.1 Å². The van der Waals surface area contributed by atoms with Gasteiger partial charge in [-0.25, -0.2) is 0 Å². The Bertz CT molecular complexity index is 190. The van der Waals surface area contributed by atoms with E-state index in [1.807, 2.05) is 0 Å². The minimum absolute atomic E-state index is 0.683. The van der Waals surface area contributed by atoms with Crippen LogP contribution in [-0.2, 0) is 4.79 Å². The molecule has 6 nitrogen and oxygen atoms in total. The molecule has 0 aromatic carbocycles. The zero-order chi connectivity index (χ0) is 9.72. The lowest BCUT2D eigenvalue weighted by Gasteiger charge is -2.12. The first-order valence-corrected chi connectivity index (χ1v) is 3.14. The van der Waals surface area contributed by atoms with Gasteiger partial charge in [-0.2, -0.15) is 0 Å². The zero-order valence-electron chi connectivity index (χ0n) is 6.17. The molecular formula is C6H10NO5-. The number of nitrogens with two attached hydrogens (primary N) is 1. The molecule has 0 bridgehead atoms. The molecule has 0 radical (unpaired) electrons. The van der Waals surface area contributed by atoms with Gasteiger partial charge in [0, 0.05) is 0 Å². The normalized spacial score (nSPS) is 17.1. The van der Waals surface area contributed by atoms with Gasteiger partial charge in [0.1, 0.15) is 12.2 Å². The minimum Gasteiger partial charge on any atom is -0.543 e. The van der Waals surface area contributed by atoms with Crippen LogP contribution in [0.4, 0.5) is 0 Å². The van der Waals surface area contributed by atoms with E-state index in [4.69, 9.17) is 21.1 Å². The Morgan fingerprint density at radius 2 is 2.08 bits per heavy atom. The van der Waals surface area contributed by atoms with Crippen molar-refractivity contribution in [2.45, 2.75) is 12.2 Å². The number of hydrogen-bond acceptors (Lipinski definition) is 6. The van der Waals surface area contributed by atoms with Gasteiger partial charge in [-0.1, -0.05) is 0 Å². The number of hydrogen-bond donors (Lipinski definition) is 4. The molecule has 0 aliphatic rings. The number of aliphatic hydroxyl groups excluding tert-OH is 3. The lowest BCUT2D eigenvalue weighted by atomic mass is 10.2. The molecule has 0 spiro atoms. The van der Waals surface area contributed by atoms with Crippen LogP contribution in [0.2, 0.25) is 0 Å². The van der Waals surface area contributed by atoms with Crippen molar-refractivity contribution < 1.29 is 25.2 Å². The van der Waals surface area contributed by atoms with Gasteiger partial charge >= 0.3 is 0 Å². The zero-order valence-corrected chi connectivity index (χ0v) is 6.17. The van der Waals surface area contributed by atoms with Crippen molar-refractivity contribution in [3.05, 3.63) is 11.8 Å². The summed E-state index contributed by atoms with van der Waals surface area (Å²) in [4.78, 5) is 9.99. The standard InChI is InChI=1S/C6H11NO5/c7-3(6(11)12)1-4(9)5(10)2-8/h1,4-5,8-10H,2,7H2,(H,11,12)/p-1/b3-1-/t4-,5+/m0/s1. The number of carboxylic acids is 1. The van der Waals surface area contributed by atoms with Crippen LogP contribution in [0, 0.1) is 0 Å². The maximum absolute atomic E-state index is 9.99. The third-order valence-corrected chi connectivity index (χ3v) is 1.17. The molecule has 0 aromatic rings. The molecule has 0 unspecified atom stereocenters. The van der Waals surface area contributed by atoms with Crippen molar-refractivity contribution in [1.29, 1.82) is 0 Å². The van der Waals surface area contributed by atoms with Crippen molar-refractivity contribution in [3.8, 4) is 0 Å². The number of rotatable bonds is 4. The first-order chi connectivity index (χ1) is 5.49. The SMILES string of the molecule is N/C(=C\[C@H](O)[C@H](O)CO)C(=O)[O-]. The topological polar surface area (TPSA) is 127 Å². The van der Waals surface area contributed by atoms with E-state index in [1.54, 1.807) is 0 Å². The van der Waals surface area contributed by atoms with Gasteiger partial charge in [0.05, 0.1) is 18.3 Å². The number of carbonyl (C=O) groups excluding carboxylic acids is 1. The smallest absolute Gasteiger partial charge is 0.107 e. The summed E-state index contributed by atoms with van der Waals surface area (Å²) in [7, 11) is 0. The maximum Gasteiger partial charge on any atom is 0.107 e. The monoisotopic (exact) mass is 176 g/mol. The lowest BCUT2D eigenvalue weighted by molar-refractivity contribution is -0.299.